The van der Waals surface area contributed by atoms with Crippen molar-refractivity contribution in [1.82, 2.24) is 4.37 Å². The number of hydrogen-bond acceptors (Lipinski definition) is 5. The molecule has 0 spiro atoms. The Hall–Kier alpha value is -1.82. The van der Waals surface area contributed by atoms with Crippen molar-refractivity contribution in [2.75, 3.05) is 11.1 Å². The molecule has 0 saturated heterocycles. The maximum absolute atomic E-state index is 13.5. The average Bonchev–Trinajstić information content (AvgIpc) is 2.70. The van der Waals surface area contributed by atoms with Crippen molar-refractivity contribution in [3.8, 4) is 5.75 Å². The van der Waals surface area contributed by atoms with E-state index in [1.807, 2.05) is 13.8 Å². The van der Waals surface area contributed by atoms with Gasteiger partial charge in [0.1, 0.15) is 5.82 Å². The number of nitrogens with one attached hydrogen (secondary N) is 1. The molecule has 4 nitrogen and oxygen atoms in total. The molecule has 0 aliphatic rings. The van der Waals surface area contributed by atoms with E-state index in [0.29, 0.717) is 23.7 Å². The van der Waals surface area contributed by atoms with Gasteiger partial charge < -0.3 is 15.8 Å². The van der Waals surface area contributed by atoms with Crippen LogP contribution in [0.25, 0.3) is 0 Å². The van der Waals surface area contributed by atoms with E-state index in [2.05, 4.69) is 9.69 Å². The lowest BCUT2D eigenvalue weighted by Crippen LogP contribution is -2.09. The van der Waals surface area contributed by atoms with E-state index in [1.165, 1.54) is 17.6 Å². The second-order valence-corrected chi connectivity index (χ2v) is 5.11. The molecule has 1 aromatic heterocycles. The van der Waals surface area contributed by atoms with Gasteiger partial charge in [-0.15, -0.1) is 0 Å². The topological polar surface area (TPSA) is 60.2 Å². The van der Waals surface area contributed by atoms with Gasteiger partial charge in [-0.05, 0) is 31.4 Å². The zero-order valence-electron chi connectivity index (χ0n) is 10.8. The Morgan fingerprint density at radius 2 is 2.16 bits per heavy atom. The fraction of sp³-hybridized carbons (Fsp3) is 0.308. The minimum Gasteiger partial charge on any atom is -0.484 e. The molecule has 3 N–H and O–H groups in total. The van der Waals surface area contributed by atoms with Crippen LogP contribution < -0.4 is 15.8 Å². The van der Waals surface area contributed by atoms with Crippen molar-refractivity contribution < 1.29 is 9.13 Å². The first kappa shape index (κ1) is 13.6. The standard InChI is InChI=1S/C13H16FN3OS/c1-8(2)18-11-12(15)17-19-13(11)16-7-9-5-3-4-6-10(9)14/h3-6,8,16H,7H2,1-2H3,(H2,15,17). The molecule has 0 aliphatic heterocycles. The van der Waals surface area contributed by atoms with Gasteiger partial charge in [-0.1, -0.05) is 18.2 Å². The quantitative estimate of drug-likeness (QED) is 0.883. The Kier molecular flexibility index (Phi) is 4.21. The van der Waals surface area contributed by atoms with Gasteiger partial charge in [-0.2, -0.15) is 4.37 Å². The lowest BCUT2D eigenvalue weighted by atomic mass is 10.2. The summed E-state index contributed by atoms with van der Waals surface area (Å²) in [5, 5.41) is 3.82. The van der Waals surface area contributed by atoms with Crippen LogP contribution in [0.5, 0.6) is 5.75 Å². The van der Waals surface area contributed by atoms with Crippen molar-refractivity contribution in [2.45, 2.75) is 26.5 Å². The van der Waals surface area contributed by atoms with Gasteiger partial charge in [-0.25, -0.2) is 4.39 Å². The molecule has 0 saturated carbocycles. The van der Waals surface area contributed by atoms with Crippen molar-refractivity contribution in [2.24, 2.45) is 0 Å². The van der Waals surface area contributed by atoms with Gasteiger partial charge in [0.2, 0.25) is 0 Å². The summed E-state index contributed by atoms with van der Waals surface area (Å²) in [5.74, 6) is 0.657. The molecule has 1 aromatic carbocycles. The van der Waals surface area contributed by atoms with Crippen molar-refractivity contribution >= 4 is 22.4 Å². The lowest BCUT2D eigenvalue weighted by Gasteiger charge is -2.11. The molecule has 0 fully saturated rings. The number of benzene rings is 1. The first-order valence-corrected chi connectivity index (χ1v) is 6.74. The number of hydrogen-bond donors (Lipinski definition) is 2. The van der Waals surface area contributed by atoms with Crippen LogP contribution in [0.3, 0.4) is 0 Å². The van der Waals surface area contributed by atoms with Gasteiger partial charge in [-0.3, -0.25) is 0 Å². The smallest absolute Gasteiger partial charge is 0.197 e. The summed E-state index contributed by atoms with van der Waals surface area (Å²) < 4.78 is 23.1. The SMILES string of the molecule is CC(C)Oc1c(N)nsc1NCc1ccccc1F. The summed E-state index contributed by atoms with van der Waals surface area (Å²) in [5.41, 5.74) is 6.34. The van der Waals surface area contributed by atoms with Gasteiger partial charge in [0.15, 0.2) is 16.6 Å². The van der Waals surface area contributed by atoms with Crippen molar-refractivity contribution in [3.05, 3.63) is 35.6 Å². The predicted molar refractivity (Wildman–Crippen MR) is 76.0 cm³/mol. The number of nitrogens with two attached hydrogens (primary N) is 1. The first-order valence-electron chi connectivity index (χ1n) is 5.97. The van der Waals surface area contributed by atoms with E-state index in [4.69, 9.17) is 10.5 Å². The monoisotopic (exact) mass is 281 g/mol. The van der Waals surface area contributed by atoms with Crippen LogP contribution in [-0.4, -0.2) is 10.5 Å². The van der Waals surface area contributed by atoms with E-state index in [-0.39, 0.29) is 11.9 Å². The van der Waals surface area contributed by atoms with E-state index < -0.39 is 0 Å². The van der Waals surface area contributed by atoms with Crippen LogP contribution in [0.1, 0.15) is 19.4 Å². The maximum atomic E-state index is 13.5. The second-order valence-electron chi connectivity index (χ2n) is 4.34. The number of rotatable bonds is 5. The highest BCUT2D eigenvalue weighted by Crippen LogP contribution is 2.36. The van der Waals surface area contributed by atoms with Crippen LogP contribution in [0.2, 0.25) is 0 Å². The van der Waals surface area contributed by atoms with E-state index in [9.17, 15) is 4.39 Å². The van der Waals surface area contributed by atoms with Gasteiger partial charge >= 0.3 is 0 Å². The molecule has 2 rings (SSSR count). The number of aromatic nitrogens is 1. The fourth-order valence-electron chi connectivity index (χ4n) is 1.57. The second kappa shape index (κ2) is 5.88. The Morgan fingerprint density at radius 3 is 2.84 bits per heavy atom. The third kappa shape index (κ3) is 3.35. The highest BCUT2D eigenvalue weighted by Gasteiger charge is 2.14. The molecular weight excluding hydrogens is 265 g/mol. The molecule has 1 heterocycles. The zero-order chi connectivity index (χ0) is 13.8. The summed E-state index contributed by atoms with van der Waals surface area (Å²) >= 11 is 1.21. The predicted octanol–water partition coefficient (Wildman–Crippen LogP) is 3.26. The molecule has 0 atom stereocenters. The molecule has 2 aromatic rings. The minimum atomic E-state index is -0.237. The van der Waals surface area contributed by atoms with Crippen LogP contribution in [0.15, 0.2) is 24.3 Å². The number of nitrogens with zero attached hydrogens (tertiary/aromatic N) is 1. The van der Waals surface area contributed by atoms with E-state index in [0.717, 1.165) is 5.00 Å². The summed E-state index contributed by atoms with van der Waals surface area (Å²) in [4.78, 5) is 0. The van der Waals surface area contributed by atoms with E-state index in [1.54, 1.807) is 18.2 Å². The molecule has 0 bridgehead atoms. The third-order valence-corrected chi connectivity index (χ3v) is 3.23. The maximum Gasteiger partial charge on any atom is 0.197 e. The Morgan fingerprint density at radius 1 is 1.42 bits per heavy atom. The zero-order valence-corrected chi connectivity index (χ0v) is 11.6. The summed E-state index contributed by atoms with van der Waals surface area (Å²) in [7, 11) is 0. The average molecular weight is 281 g/mol. The molecule has 0 radical (unpaired) electrons. The Labute approximate surface area is 115 Å². The summed E-state index contributed by atoms with van der Waals surface area (Å²) in [6, 6.07) is 6.63. The molecule has 6 heteroatoms. The van der Waals surface area contributed by atoms with Crippen LogP contribution in [0.4, 0.5) is 15.2 Å². The molecular formula is C13H16FN3OS. The number of ether oxygens (including phenoxy) is 1. The third-order valence-electron chi connectivity index (χ3n) is 2.42. The van der Waals surface area contributed by atoms with Crippen LogP contribution in [0, 0.1) is 5.82 Å². The highest BCUT2D eigenvalue weighted by molar-refractivity contribution is 7.11. The highest BCUT2D eigenvalue weighted by atomic mass is 32.1. The molecule has 0 unspecified atom stereocenters. The lowest BCUT2D eigenvalue weighted by molar-refractivity contribution is 0.245. The number of anilines is 2. The molecule has 19 heavy (non-hydrogen) atoms. The van der Waals surface area contributed by atoms with E-state index >= 15 is 0 Å². The minimum absolute atomic E-state index is 0.00714. The summed E-state index contributed by atoms with van der Waals surface area (Å²) in [6.07, 6.45) is 0.00714. The molecule has 102 valence electrons. The molecule has 0 amide bonds. The Bertz CT molecular complexity index is 557. The van der Waals surface area contributed by atoms with Gasteiger partial charge in [0, 0.05) is 12.1 Å². The normalized spacial score (nSPS) is 10.7. The van der Waals surface area contributed by atoms with Crippen LogP contribution >= 0.6 is 11.5 Å². The summed E-state index contributed by atoms with van der Waals surface area (Å²) in [6.45, 7) is 4.19. The van der Waals surface area contributed by atoms with Gasteiger partial charge in [0.05, 0.1) is 6.10 Å². The van der Waals surface area contributed by atoms with Crippen LogP contribution in [-0.2, 0) is 6.54 Å². The molecule has 0 aliphatic carbocycles. The largest absolute Gasteiger partial charge is 0.484 e. The van der Waals surface area contributed by atoms with Gasteiger partial charge in [0.25, 0.3) is 0 Å². The number of nitrogen functional groups attached to an aromatic ring is 1. The Balaban J connectivity index is 2.10. The fourth-order valence-corrected chi connectivity index (χ4v) is 2.22. The first-order chi connectivity index (χ1) is 9.08. The number of halogens is 1. The van der Waals surface area contributed by atoms with Crippen molar-refractivity contribution in [1.29, 1.82) is 0 Å². The van der Waals surface area contributed by atoms with Crippen molar-refractivity contribution in [3.63, 3.8) is 0 Å².